The van der Waals surface area contributed by atoms with E-state index in [1.165, 1.54) is 25.7 Å². The lowest BCUT2D eigenvalue weighted by molar-refractivity contribution is 0.00945. The van der Waals surface area contributed by atoms with Crippen LogP contribution < -0.4 is 5.32 Å². The summed E-state index contributed by atoms with van der Waals surface area (Å²) < 4.78 is 7.06. The number of halogens is 1. The van der Waals surface area contributed by atoms with Crippen molar-refractivity contribution in [2.45, 2.75) is 45.6 Å². The first kappa shape index (κ1) is 14.9. The SMILES string of the molecule is CC1(C)CCC(OCCNc2ccc(Br)cc2)CC1. The maximum Gasteiger partial charge on any atom is 0.0642 e. The van der Waals surface area contributed by atoms with Crippen molar-refractivity contribution in [3.63, 3.8) is 0 Å². The number of benzene rings is 1. The molecule has 1 saturated carbocycles. The Kier molecular flexibility index (Phi) is 5.28. The second-order valence-corrected chi connectivity index (χ2v) is 7.08. The van der Waals surface area contributed by atoms with Gasteiger partial charge in [-0.05, 0) is 55.4 Å². The molecule has 1 N–H and O–H groups in total. The number of nitrogens with one attached hydrogen (secondary N) is 1. The van der Waals surface area contributed by atoms with E-state index < -0.39 is 0 Å². The summed E-state index contributed by atoms with van der Waals surface area (Å²) in [5.41, 5.74) is 1.67. The minimum Gasteiger partial charge on any atom is -0.383 e. The Bertz CT molecular complexity index is 378. The monoisotopic (exact) mass is 325 g/mol. The van der Waals surface area contributed by atoms with Crippen molar-refractivity contribution in [3.8, 4) is 0 Å². The molecule has 0 aliphatic heterocycles. The largest absolute Gasteiger partial charge is 0.383 e. The van der Waals surface area contributed by atoms with E-state index in [-0.39, 0.29) is 0 Å². The summed E-state index contributed by atoms with van der Waals surface area (Å²) in [7, 11) is 0. The lowest BCUT2D eigenvalue weighted by atomic mass is 9.76. The smallest absolute Gasteiger partial charge is 0.0642 e. The maximum absolute atomic E-state index is 5.95. The molecule has 1 aromatic rings. The second kappa shape index (κ2) is 6.76. The van der Waals surface area contributed by atoms with Crippen LogP contribution in [0, 0.1) is 5.41 Å². The molecule has 2 rings (SSSR count). The van der Waals surface area contributed by atoms with Gasteiger partial charge in [0, 0.05) is 16.7 Å². The van der Waals surface area contributed by atoms with Gasteiger partial charge in [-0.2, -0.15) is 0 Å². The van der Waals surface area contributed by atoms with Gasteiger partial charge in [-0.1, -0.05) is 29.8 Å². The number of anilines is 1. The molecule has 0 spiro atoms. The van der Waals surface area contributed by atoms with E-state index >= 15 is 0 Å². The molecule has 0 heterocycles. The van der Waals surface area contributed by atoms with Crippen molar-refractivity contribution < 1.29 is 4.74 Å². The molecule has 106 valence electrons. The van der Waals surface area contributed by atoms with Gasteiger partial charge in [0.15, 0.2) is 0 Å². The minimum atomic E-state index is 0.472. The highest BCUT2D eigenvalue weighted by Gasteiger charge is 2.26. The highest BCUT2D eigenvalue weighted by Crippen LogP contribution is 2.36. The van der Waals surface area contributed by atoms with Gasteiger partial charge >= 0.3 is 0 Å². The number of rotatable bonds is 5. The molecule has 2 nitrogen and oxygen atoms in total. The van der Waals surface area contributed by atoms with E-state index in [4.69, 9.17) is 4.74 Å². The normalized spacial score (nSPS) is 19.3. The number of ether oxygens (including phenoxy) is 1. The predicted octanol–water partition coefficient (Wildman–Crippen LogP) is 4.85. The average Bonchev–Trinajstić information content (AvgIpc) is 2.38. The molecule has 0 radical (unpaired) electrons. The Morgan fingerprint density at radius 2 is 1.84 bits per heavy atom. The third-order valence-corrected chi connectivity index (χ3v) is 4.44. The quantitative estimate of drug-likeness (QED) is 0.781. The standard InChI is InChI=1S/C16H24BrNO/c1-16(2)9-7-15(8-10-16)19-12-11-18-14-5-3-13(17)4-6-14/h3-6,15,18H,7-12H2,1-2H3. The predicted molar refractivity (Wildman–Crippen MR) is 84.6 cm³/mol. The van der Waals surface area contributed by atoms with Crippen LogP contribution in [0.25, 0.3) is 0 Å². The van der Waals surface area contributed by atoms with E-state index in [0.717, 1.165) is 23.3 Å². The van der Waals surface area contributed by atoms with Crippen LogP contribution in [0.4, 0.5) is 5.69 Å². The molecule has 0 bridgehead atoms. The van der Waals surface area contributed by atoms with E-state index in [2.05, 4.69) is 47.2 Å². The van der Waals surface area contributed by atoms with Crippen molar-refractivity contribution >= 4 is 21.6 Å². The van der Waals surface area contributed by atoms with Crippen LogP contribution in [0.2, 0.25) is 0 Å². The Morgan fingerprint density at radius 1 is 1.21 bits per heavy atom. The Hall–Kier alpha value is -0.540. The van der Waals surface area contributed by atoms with Crippen molar-refractivity contribution in [3.05, 3.63) is 28.7 Å². The van der Waals surface area contributed by atoms with Crippen LogP contribution in [0.5, 0.6) is 0 Å². The summed E-state index contributed by atoms with van der Waals surface area (Å²) in [5.74, 6) is 0. The van der Waals surface area contributed by atoms with Gasteiger partial charge in [0.2, 0.25) is 0 Å². The van der Waals surface area contributed by atoms with Crippen LogP contribution in [0.3, 0.4) is 0 Å². The summed E-state index contributed by atoms with van der Waals surface area (Å²) in [5, 5.41) is 3.38. The Labute approximate surface area is 125 Å². The summed E-state index contributed by atoms with van der Waals surface area (Å²) in [6, 6.07) is 8.25. The first-order valence-corrected chi connectivity index (χ1v) is 7.95. The van der Waals surface area contributed by atoms with Crippen LogP contribution in [-0.2, 0) is 4.74 Å². The molecule has 0 unspecified atom stereocenters. The van der Waals surface area contributed by atoms with Gasteiger partial charge in [-0.3, -0.25) is 0 Å². The molecular weight excluding hydrogens is 302 g/mol. The fraction of sp³-hybridized carbons (Fsp3) is 0.625. The Balaban J connectivity index is 1.61. The summed E-state index contributed by atoms with van der Waals surface area (Å²) in [6.45, 7) is 6.39. The summed E-state index contributed by atoms with van der Waals surface area (Å²) in [4.78, 5) is 0. The van der Waals surface area contributed by atoms with E-state index in [1.54, 1.807) is 0 Å². The molecule has 1 fully saturated rings. The zero-order valence-electron chi connectivity index (χ0n) is 11.9. The fourth-order valence-corrected chi connectivity index (χ4v) is 2.79. The molecule has 3 heteroatoms. The van der Waals surface area contributed by atoms with Gasteiger partial charge in [-0.25, -0.2) is 0 Å². The zero-order valence-corrected chi connectivity index (χ0v) is 13.5. The highest BCUT2D eigenvalue weighted by molar-refractivity contribution is 9.10. The molecule has 1 aliphatic carbocycles. The zero-order chi connectivity index (χ0) is 13.7. The fourth-order valence-electron chi connectivity index (χ4n) is 2.53. The molecule has 0 amide bonds. The maximum atomic E-state index is 5.95. The highest BCUT2D eigenvalue weighted by atomic mass is 79.9. The third kappa shape index (κ3) is 5.15. The molecule has 1 aliphatic rings. The van der Waals surface area contributed by atoms with Gasteiger partial charge in [-0.15, -0.1) is 0 Å². The third-order valence-electron chi connectivity index (χ3n) is 3.92. The van der Waals surface area contributed by atoms with Gasteiger partial charge in [0.25, 0.3) is 0 Å². The molecular formula is C16H24BrNO. The lowest BCUT2D eigenvalue weighted by Gasteiger charge is -2.34. The first-order valence-electron chi connectivity index (χ1n) is 7.16. The first-order chi connectivity index (χ1) is 9.05. The number of hydrogen-bond donors (Lipinski definition) is 1. The summed E-state index contributed by atoms with van der Waals surface area (Å²) >= 11 is 3.44. The van der Waals surface area contributed by atoms with Crippen LogP contribution in [0.1, 0.15) is 39.5 Å². The van der Waals surface area contributed by atoms with Crippen molar-refractivity contribution in [1.82, 2.24) is 0 Å². The average molecular weight is 326 g/mol. The summed E-state index contributed by atoms with van der Waals surface area (Å²) in [6.07, 6.45) is 5.48. The van der Waals surface area contributed by atoms with Crippen LogP contribution in [-0.4, -0.2) is 19.3 Å². The van der Waals surface area contributed by atoms with Crippen molar-refractivity contribution in [1.29, 1.82) is 0 Å². The van der Waals surface area contributed by atoms with Crippen LogP contribution >= 0.6 is 15.9 Å². The Morgan fingerprint density at radius 3 is 2.47 bits per heavy atom. The molecule has 0 saturated heterocycles. The van der Waals surface area contributed by atoms with Gasteiger partial charge in [0.05, 0.1) is 12.7 Å². The number of hydrogen-bond acceptors (Lipinski definition) is 2. The molecule has 1 aromatic carbocycles. The van der Waals surface area contributed by atoms with E-state index in [0.29, 0.717) is 11.5 Å². The molecule has 19 heavy (non-hydrogen) atoms. The van der Waals surface area contributed by atoms with Crippen LogP contribution in [0.15, 0.2) is 28.7 Å². The topological polar surface area (TPSA) is 21.3 Å². The van der Waals surface area contributed by atoms with E-state index in [1.807, 2.05) is 12.1 Å². The van der Waals surface area contributed by atoms with E-state index in [9.17, 15) is 0 Å². The van der Waals surface area contributed by atoms with Gasteiger partial charge in [0.1, 0.15) is 0 Å². The van der Waals surface area contributed by atoms with Crippen molar-refractivity contribution in [2.75, 3.05) is 18.5 Å². The second-order valence-electron chi connectivity index (χ2n) is 6.17. The molecule has 0 aromatic heterocycles. The van der Waals surface area contributed by atoms with Crippen molar-refractivity contribution in [2.24, 2.45) is 5.41 Å². The van der Waals surface area contributed by atoms with Gasteiger partial charge < -0.3 is 10.1 Å². The lowest BCUT2D eigenvalue weighted by Crippen LogP contribution is -2.27. The minimum absolute atomic E-state index is 0.472. The molecule has 0 atom stereocenters.